The van der Waals surface area contributed by atoms with Crippen LogP contribution in [0.4, 0.5) is 14.6 Å². The molecule has 0 radical (unpaired) electrons. The summed E-state index contributed by atoms with van der Waals surface area (Å²) in [5.74, 6) is 1.06. The maximum atomic E-state index is 14.0. The number of esters is 1. The van der Waals surface area contributed by atoms with Gasteiger partial charge in [0.05, 0.1) is 29.2 Å². The lowest BCUT2D eigenvalue weighted by Crippen LogP contribution is -2.35. The minimum Gasteiger partial charge on any atom is -0.473 e. The van der Waals surface area contributed by atoms with Gasteiger partial charge < -0.3 is 23.7 Å². The van der Waals surface area contributed by atoms with Crippen LogP contribution >= 0.6 is 0 Å². The number of halogens is 2. The largest absolute Gasteiger partial charge is 0.473 e. The lowest BCUT2D eigenvalue weighted by molar-refractivity contribution is -0.0590. The highest BCUT2D eigenvalue weighted by Gasteiger charge is 2.27. The Balaban J connectivity index is 1.12. The normalized spacial score (nSPS) is 17.5. The zero-order valence-electron chi connectivity index (χ0n) is 25.4. The van der Waals surface area contributed by atoms with E-state index in [0.717, 1.165) is 74.1 Å². The smallest absolute Gasteiger partial charge is 0.338 e. The van der Waals surface area contributed by atoms with E-state index < -0.39 is 17.2 Å². The SMILES string of the molecule is CC(C)(C)OC(=O)c1ccc2nc(CC3CCN(c4cccc(OCc5ccc(F)cc5F)n4)CC3)n(C[C@@H]3CCO3)c2c1. The van der Waals surface area contributed by atoms with Gasteiger partial charge in [-0.05, 0) is 82.3 Å². The van der Waals surface area contributed by atoms with Gasteiger partial charge >= 0.3 is 5.97 Å². The van der Waals surface area contributed by atoms with Crippen LogP contribution in [0.3, 0.4) is 0 Å². The van der Waals surface area contributed by atoms with Crippen LogP contribution in [0.2, 0.25) is 0 Å². The van der Waals surface area contributed by atoms with E-state index in [0.29, 0.717) is 23.9 Å². The van der Waals surface area contributed by atoms with E-state index in [2.05, 4.69) is 14.5 Å². The highest BCUT2D eigenvalue weighted by molar-refractivity contribution is 5.94. The number of carbonyl (C=O) groups is 1. The molecule has 2 saturated heterocycles. The van der Waals surface area contributed by atoms with E-state index in [1.807, 2.05) is 45.0 Å². The van der Waals surface area contributed by atoms with Crippen molar-refractivity contribution < 1.29 is 27.8 Å². The maximum absolute atomic E-state index is 14.0. The first kappa shape index (κ1) is 30.0. The third kappa shape index (κ3) is 7.01. The summed E-state index contributed by atoms with van der Waals surface area (Å²) in [4.78, 5) is 24.7. The fourth-order valence-electron chi connectivity index (χ4n) is 5.70. The minimum atomic E-state index is -0.638. The number of hydrogen-bond acceptors (Lipinski definition) is 7. The van der Waals surface area contributed by atoms with Gasteiger partial charge in [0.15, 0.2) is 0 Å². The van der Waals surface area contributed by atoms with E-state index in [-0.39, 0.29) is 24.2 Å². The van der Waals surface area contributed by atoms with E-state index in [1.165, 1.54) is 12.1 Å². The fourth-order valence-corrected chi connectivity index (χ4v) is 5.70. The van der Waals surface area contributed by atoms with Crippen LogP contribution < -0.4 is 9.64 Å². The molecule has 44 heavy (non-hydrogen) atoms. The highest BCUT2D eigenvalue weighted by atomic mass is 19.1. The van der Waals surface area contributed by atoms with E-state index >= 15 is 0 Å². The number of rotatable bonds is 9. The number of imidazole rings is 1. The number of pyridine rings is 1. The van der Waals surface area contributed by atoms with Gasteiger partial charge in [-0.1, -0.05) is 6.07 Å². The molecule has 6 rings (SSSR count). The summed E-state index contributed by atoms with van der Waals surface area (Å²) < 4.78 is 46.6. The molecule has 0 bridgehead atoms. The van der Waals surface area contributed by atoms with Crippen LogP contribution in [0, 0.1) is 17.6 Å². The average molecular weight is 605 g/mol. The Morgan fingerprint density at radius 3 is 2.52 bits per heavy atom. The van der Waals surface area contributed by atoms with E-state index in [4.69, 9.17) is 19.2 Å². The quantitative estimate of drug-likeness (QED) is 0.202. The van der Waals surface area contributed by atoms with Crippen molar-refractivity contribution in [3.05, 3.63) is 83.2 Å². The van der Waals surface area contributed by atoms with Gasteiger partial charge in [-0.25, -0.2) is 18.6 Å². The molecule has 0 N–H and O–H groups in total. The van der Waals surface area contributed by atoms with Crippen molar-refractivity contribution in [1.82, 2.24) is 14.5 Å². The van der Waals surface area contributed by atoms with E-state index in [1.54, 1.807) is 12.1 Å². The second kappa shape index (κ2) is 12.5. The monoisotopic (exact) mass is 604 g/mol. The lowest BCUT2D eigenvalue weighted by atomic mass is 9.93. The molecule has 2 fully saturated rings. The Bertz CT molecular complexity index is 1640. The van der Waals surface area contributed by atoms with Gasteiger partial charge in [-0.3, -0.25) is 0 Å². The minimum absolute atomic E-state index is 0.0309. The molecular weight excluding hydrogens is 566 g/mol. The zero-order chi connectivity index (χ0) is 30.8. The lowest BCUT2D eigenvalue weighted by Gasteiger charge is -2.33. The van der Waals surface area contributed by atoms with Gasteiger partial charge in [0.1, 0.15) is 35.5 Å². The Labute approximate surface area is 256 Å². The number of nitrogens with zero attached hydrogens (tertiary/aromatic N) is 4. The zero-order valence-corrected chi connectivity index (χ0v) is 25.4. The third-order valence-corrected chi connectivity index (χ3v) is 8.15. The maximum Gasteiger partial charge on any atom is 0.338 e. The molecule has 4 heterocycles. The first-order valence-electron chi connectivity index (χ1n) is 15.2. The Kier molecular flexibility index (Phi) is 8.53. The molecule has 0 spiro atoms. The number of fused-ring (bicyclic) bond motifs is 1. The summed E-state index contributed by atoms with van der Waals surface area (Å²) in [5.41, 5.74) is 2.02. The second-order valence-electron chi connectivity index (χ2n) is 12.6. The number of hydrogen-bond donors (Lipinski definition) is 0. The van der Waals surface area contributed by atoms with Crippen molar-refractivity contribution in [2.75, 3.05) is 24.6 Å². The molecule has 0 amide bonds. The van der Waals surface area contributed by atoms with Crippen molar-refractivity contribution >= 4 is 22.8 Å². The summed E-state index contributed by atoms with van der Waals surface area (Å²) in [6.45, 7) is 8.72. The number of aromatic nitrogens is 3. The van der Waals surface area contributed by atoms with Crippen LogP contribution in [0.25, 0.3) is 11.0 Å². The van der Waals surface area contributed by atoms with Crippen molar-refractivity contribution in [3.8, 4) is 5.88 Å². The van der Waals surface area contributed by atoms with Crippen LogP contribution in [-0.2, 0) is 29.0 Å². The molecule has 2 aromatic heterocycles. The van der Waals surface area contributed by atoms with E-state index in [9.17, 15) is 13.6 Å². The van der Waals surface area contributed by atoms with Crippen LogP contribution in [-0.4, -0.2) is 51.9 Å². The van der Waals surface area contributed by atoms with Crippen LogP contribution in [0.15, 0.2) is 54.6 Å². The predicted octanol–water partition coefficient (Wildman–Crippen LogP) is 6.49. The molecule has 2 aliphatic heterocycles. The summed E-state index contributed by atoms with van der Waals surface area (Å²) in [7, 11) is 0. The van der Waals surface area contributed by atoms with Gasteiger partial charge in [-0.2, -0.15) is 4.98 Å². The van der Waals surface area contributed by atoms with Crippen molar-refractivity contribution in [2.45, 2.75) is 71.3 Å². The Morgan fingerprint density at radius 1 is 1.02 bits per heavy atom. The topological polar surface area (TPSA) is 78.7 Å². The number of ether oxygens (including phenoxy) is 3. The Hall–Kier alpha value is -4.05. The molecule has 2 aliphatic rings. The van der Waals surface area contributed by atoms with Gasteiger partial charge in [0.2, 0.25) is 5.88 Å². The molecule has 1 atom stereocenters. The average Bonchev–Trinajstić information content (AvgIpc) is 3.30. The van der Waals surface area contributed by atoms with Crippen molar-refractivity contribution in [1.29, 1.82) is 0 Å². The predicted molar refractivity (Wildman–Crippen MR) is 163 cm³/mol. The summed E-state index contributed by atoms with van der Waals surface area (Å²) >= 11 is 0. The molecule has 0 unspecified atom stereocenters. The second-order valence-corrected chi connectivity index (χ2v) is 12.6. The highest BCUT2D eigenvalue weighted by Crippen LogP contribution is 2.29. The summed E-state index contributed by atoms with van der Waals surface area (Å²) in [5, 5.41) is 0. The molecule has 232 valence electrons. The summed E-state index contributed by atoms with van der Waals surface area (Å²) in [6, 6.07) is 14.6. The van der Waals surface area contributed by atoms with Gasteiger partial charge in [-0.15, -0.1) is 0 Å². The summed E-state index contributed by atoms with van der Waals surface area (Å²) in [6.07, 6.45) is 3.94. The molecule has 2 aromatic carbocycles. The van der Waals surface area contributed by atoms with Crippen LogP contribution in [0.5, 0.6) is 5.88 Å². The Morgan fingerprint density at radius 2 is 1.82 bits per heavy atom. The molecular formula is C34H38F2N4O4. The fraction of sp³-hybridized carbons (Fsp3) is 0.441. The molecule has 8 nitrogen and oxygen atoms in total. The number of anilines is 1. The first-order chi connectivity index (χ1) is 21.1. The number of carbonyl (C=O) groups excluding carboxylic acids is 1. The molecule has 0 aliphatic carbocycles. The van der Waals surface area contributed by atoms with Gasteiger partial charge in [0, 0.05) is 43.8 Å². The number of benzene rings is 2. The molecule has 4 aromatic rings. The molecule has 10 heteroatoms. The van der Waals surface area contributed by atoms with Crippen molar-refractivity contribution in [2.24, 2.45) is 5.92 Å². The standard InChI is InChI=1S/C34H38F2N4O4/c1-34(2,3)44-33(41)23-8-10-28-29(18-23)40(20-26-13-16-42-26)31(37-28)17-22-11-14-39(15-12-22)30-5-4-6-32(38-30)43-21-24-7-9-25(35)19-27(24)36/h4-10,18-19,22,26H,11-17,20-21H2,1-3H3/t26-/m0/s1. The van der Waals surface area contributed by atoms with Crippen molar-refractivity contribution in [3.63, 3.8) is 0 Å². The first-order valence-corrected chi connectivity index (χ1v) is 15.2. The number of piperidine rings is 1. The molecule has 0 saturated carbocycles. The third-order valence-electron chi connectivity index (χ3n) is 8.15. The van der Waals surface area contributed by atoms with Gasteiger partial charge in [0.25, 0.3) is 0 Å². The van der Waals surface area contributed by atoms with Crippen LogP contribution in [0.1, 0.15) is 61.8 Å².